The Balaban J connectivity index is 2.08. The summed E-state index contributed by atoms with van der Waals surface area (Å²) in [5.74, 6) is 1.13. The van der Waals surface area contributed by atoms with Crippen molar-refractivity contribution in [2.24, 2.45) is 0 Å². The van der Waals surface area contributed by atoms with Gasteiger partial charge in [0.25, 0.3) is 0 Å². The summed E-state index contributed by atoms with van der Waals surface area (Å²) in [5, 5.41) is 13.5. The Morgan fingerprint density at radius 3 is 2.71 bits per heavy atom. The molecule has 3 heteroatoms. The molecular formula is C14H21NO2. The van der Waals surface area contributed by atoms with Crippen LogP contribution in [0.4, 0.5) is 0 Å². The molecule has 0 spiro atoms. The maximum Gasteiger partial charge on any atom is 0.120 e. The lowest BCUT2D eigenvalue weighted by Crippen LogP contribution is -2.28. The first kappa shape index (κ1) is 12.2. The van der Waals surface area contributed by atoms with Crippen LogP contribution < -0.4 is 10.1 Å². The zero-order valence-electron chi connectivity index (χ0n) is 10.6. The van der Waals surface area contributed by atoms with Crippen LogP contribution in [-0.4, -0.2) is 18.3 Å². The number of benzene rings is 1. The van der Waals surface area contributed by atoms with E-state index in [1.165, 1.54) is 25.7 Å². The molecule has 1 unspecified atom stereocenters. The van der Waals surface area contributed by atoms with Gasteiger partial charge in [0.1, 0.15) is 11.5 Å². The summed E-state index contributed by atoms with van der Waals surface area (Å²) in [6.07, 6.45) is 5.12. The van der Waals surface area contributed by atoms with Crippen molar-refractivity contribution in [2.75, 3.05) is 7.11 Å². The molecule has 17 heavy (non-hydrogen) atoms. The van der Waals surface area contributed by atoms with Crippen molar-refractivity contribution in [3.63, 3.8) is 0 Å². The van der Waals surface area contributed by atoms with Crippen LogP contribution in [0, 0.1) is 0 Å². The number of rotatable bonds is 4. The Hall–Kier alpha value is -1.22. The fourth-order valence-corrected chi connectivity index (χ4v) is 2.54. The number of phenolic OH excluding ortho intramolecular Hbond substituents is 1. The van der Waals surface area contributed by atoms with Crippen molar-refractivity contribution in [1.82, 2.24) is 5.32 Å². The normalized spacial score (nSPS) is 18.2. The van der Waals surface area contributed by atoms with Gasteiger partial charge in [-0.15, -0.1) is 0 Å². The van der Waals surface area contributed by atoms with Crippen LogP contribution in [0.1, 0.15) is 44.2 Å². The second-order valence-electron chi connectivity index (χ2n) is 4.79. The van der Waals surface area contributed by atoms with Crippen molar-refractivity contribution < 1.29 is 9.84 Å². The Bertz CT molecular complexity index is 372. The Morgan fingerprint density at radius 1 is 1.35 bits per heavy atom. The summed E-state index contributed by atoms with van der Waals surface area (Å²) in [4.78, 5) is 0. The van der Waals surface area contributed by atoms with E-state index in [2.05, 4.69) is 12.2 Å². The molecule has 94 valence electrons. The van der Waals surface area contributed by atoms with Gasteiger partial charge in [-0.3, -0.25) is 0 Å². The van der Waals surface area contributed by atoms with Gasteiger partial charge in [0.15, 0.2) is 0 Å². The standard InChI is InChI=1S/C14H21NO2/c1-10(15-11-5-3-4-6-11)13-9-12(17-2)7-8-14(13)16/h7-11,15-16H,3-6H2,1-2H3. The molecule has 0 saturated heterocycles. The Kier molecular flexibility index (Phi) is 3.89. The minimum Gasteiger partial charge on any atom is -0.508 e. The maximum atomic E-state index is 9.88. The minimum atomic E-state index is 0.160. The van der Waals surface area contributed by atoms with E-state index >= 15 is 0 Å². The minimum absolute atomic E-state index is 0.160. The first-order valence-corrected chi connectivity index (χ1v) is 6.33. The molecule has 1 fully saturated rings. The lowest BCUT2D eigenvalue weighted by molar-refractivity contribution is 0.402. The SMILES string of the molecule is COc1ccc(O)c(C(C)NC2CCCC2)c1. The number of hydrogen-bond donors (Lipinski definition) is 2. The summed E-state index contributed by atoms with van der Waals surface area (Å²) in [7, 11) is 1.64. The third kappa shape index (κ3) is 2.91. The second kappa shape index (κ2) is 5.41. The molecule has 1 aliphatic rings. The number of nitrogens with one attached hydrogen (secondary N) is 1. The lowest BCUT2D eigenvalue weighted by Gasteiger charge is -2.20. The van der Waals surface area contributed by atoms with E-state index in [4.69, 9.17) is 4.74 Å². The van der Waals surface area contributed by atoms with E-state index in [1.807, 2.05) is 6.07 Å². The van der Waals surface area contributed by atoms with Crippen molar-refractivity contribution in [2.45, 2.75) is 44.7 Å². The highest BCUT2D eigenvalue weighted by atomic mass is 16.5. The number of aromatic hydroxyl groups is 1. The predicted molar refractivity (Wildman–Crippen MR) is 68.5 cm³/mol. The molecule has 2 N–H and O–H groups in total. The molecule has 3 nitrogen and oxygen atoms in total. The topological polar surface area (TPSA) is 41.5 Å². The monoisotopic (exact) mass is 235 g/mol. The third-order valence-corrected chi connectivity index (χ3v) is 3.54. The van der Waals surface area contributed by atoms with E-state index in [-0.39, 0.29) is 6.04 Å². The average molecular weight is 235 g/mol. The van der Waals surface area contributed by atoms with Gasteiger partial charge in [-0.25, -0.2) is 0 Å². The molecule has 0 aromatic heterocycles. The largest absolute Gasteiger partial charge is 0.508 e. The van der Waals surface area contributed by atoms with E-state index in [0.717, 1.165) is 11.3 Å². The molecular weight excluding hydrogens is 214 g/mol. The first-order chi connectivity index (χ1) is 8.20. The summed E-state index contributed by atoms with van der Waals surface area (Å²) < 4.78 is 5.19. The van der Waals surface area contributed by atoms with Gasteiger partial charge >= 0.3 is 0 Å². The Labute approximate surface area is 103 Å². The zero-order valence-corrected chi connectivity index (χ0v) is 10.6. The first-order valence-electron chi connectivity index (χ1n) is 6.33. The molecule has 1 atom stereocenters. The quantitative estimate of drug-likeness (QED) is 0.843. The molecule has 0 aliphatic heterocycles. The maximum absolute atomic E-state index is 9.88. The van der Waals surface area contributed by atoms with Crippen LogP contribution in [0.25, 0.3) is 0 Å². The molecule has 0 amide bonds. The number of methoxy groups -OCH3 is 1. The van der Waals surface area contributed by atoms with E-state index in [1.54, 1.807) is 19.2 Å². The summed E-state index contributed by atoms with van der Waals surface area (Å²) in [6.45, 7) is 2.09. The molecule has 1 aliphatic carbocycles. The molecule has 1 aromatic rings. The van der Waals surface area contributed by atoms with Gasteiger partial charge in [0, 0.05) is 17.6 Å². The highest BCUT2D eigenvalue weighted by Crippen LogP contribution is 2.30. The third-order valence-electron chi connectivity index (χ3n) is 3.54. The summed E-state index contributed by atoms with van der Waals surface area (Å²) in [6, 6.07) is 6.13. The molecule has 0 heterocycles. The summed E-state index contributed by atoms with van der Waals surface area (Å²) in [5.41, 5.74) is 0.913. The fraction of sp³-hybridized carbons (Fsp3) is 0.571. The number of phenols is 1. The van der Waals surface area contributed by atoms with Crippen molar-refractivity contribution in [3.8, 4) is 11.5 Å². The molecule has 2 rings (SSSR count). The highest BCUT2D eigenvalue weighted by molar-refractivity contribution is 5.41. The Morgan fingerprint density at radius 2 is 2.06 bits per heavy atom. The van der Waals surface area contributed by atoms with Crippen molar-refractivity contribution in [1.29, 1.82) is 0 Å². The van der Waals surface area contributed by atoms with E-state index in [0.29, 0.717) is 11.8 Å². The fourth-order valence-electron chi connectivity index (χ4n) is 2.54. The van der Waals surface area contributed by atoms with Crippen LogP contribution in [0.2, 0.25) is 0 Å². The zero-order chi connectivity index (χ0) is 12.3. The average Bonchev–Trinajstić information content (AvgIpc) is 2.82. The van der Waals surface area contributed by atoms with Crippen LogP contribution >= 0.6 is 0 Å². The highest BCUT2D eigenvalue weighted by Gasteiger charge is 2.19. The van der Waals surface area contributed by atoms with Gasteiger partial charge in [-0.2, -0.15) is 0 Å². The van der Waals surface area contributed by atoms with Crippen LogP contribution in [0.15, 0.2) is 18.2 Å². The van der Waals surface area contributed by atoms with Gasteiger partial charge < -0.3 is 15.2 Å². The smallest absolute Gasteiger partial charge is 0.120 e. The second-order valence-corrected chi connectivity index (χ2v) is 4.79. The predicted octanol–water partition coefficient (Wildman–Crippen LogP) is 2.99. The van der Waals surface area contributed by atoms with Gasteiger partial charge in [0.2, 0.25) is 0 Å². The number of ether oxygens (including phenoxy) is 1. The van der Waals surface area contributed by atoms with Crippen molar-refractivity contribution in [3.05, 3.63) is 23.8 Å². The number of hydrogen-bond acceptors (Lipinski definition) is 3. The summed E-state index contributed by atoms with van der Waals surface area (Å²) >= 11 is 0. The van der Waals surface area contributed by atoms with E-state index < -0.39 is 0 Å². The van der Waals surface area contributed by atoms with Crippen LogP contribution in [0.5, 0.6) is 11.5 Å². The van der Waals surface area contributed by atoms with Crippen LogP contribution in [0.3, 0.4) is 0 Å². The molecule has 0 radical (unpaired) electrons. The van der Waals surface area contributed by atoms with Gasteiger partial charge in [0.05, 0.1) is 7.11 Å². The molecule has 1 aromatic carbocycles. The van der Waals surface area contributed by atoms with Crippen LogP contribution in [-0.2, 0) is 0 Å². The van der Waals surface area contributed by atoms with Gasteiger partial charge in [-0.1, -0.05) is 12.8 Å². The molecule has 1 saturated carbocycles. The lowest BCUT2D eigenvalue weighted by atomic mass is 10.1. The van der Waals surface area contributed by atoms with E-state index in [9.17, 15) is 5.11 Å². The van der Waals surface area contributed by atoms with Crippen molar-refractivity contribution >= 4 is 0 Å². The van der Waals surface area contributed by atoms with Gasteiger partial charge in [-0.05, 0) is 38.0 Å². The molecule has 0 bridgehead atoms.